The van der Waals surface area contributed by atoms with Crippen molar-refractivity contribution in [1.82, 2.24) is 30.5 Å². The highest BCUT2D eigenvalue weighted by molar-refractivity contribution is 7.18. The van der Waals surface area contributed by atoms with Gasteiger partial charge in [-0.25, -0.2) is 4.98 Å². The number of nitrogens with zero attached hydrogens (tertiary/aromatic N) is 5. The zero-order valence-electron chi connectivity index (χ0n) is 15.2. The van der Waals surface area contributed by atoms with Gasteiger partial charge in [0.25, 0.3) is 0 Å². The fourth-order valence-corrected chi connectivity index (χ4v) is 4.14. The van der Waals surface area contributed by atoms with Gasteiger partial charge < -0.3 is 15.5 Å². The third kappa shape index (κ3) is 3.80. The second-order valence-electron chi connectivity index (χ2n) is 6.31. The molecule has 4 N–H and O–H groups in total. The zero-order valence-corrected chi connectivity index (χ0v) is 16.0. The molecule has 28 heavy (non-hydrogen) atoms. The Kier molecular flexibility index (Phi) is 5.72. The number of rotatable bonds is 9. The van der Waals surface area contributed by atoms with Crippen molar-refractivity contribution in [1.29, 1.82) is 0 Å². The lowest BCUT2D eigenvalue weighted by atomic mass is 10.1. The van der Waals surface area contributed by atoms with Gasteiger partial charge in [-0.05, 0) is 22.7 Å². The van der Waals surface area contributed by atoms with Crippen LogP contribution in [0.4, 0.5) is 5.82 Å². The van der Waals surface area contributed by atoms with Gasteiger partial charge in [0.2, 0.25) is 5.82 Å². The first-order valence-electron chi connectivity index (χ1n) is 9.03. The molecule has 3 aromatic heterocycles. The first-order valence-corrected chi connectivity index (χ1v) is 9.91. The smallest absolute Gasteiger partial charge is 0.204 e. The second kappa shape index (κ2) is 8.57. The number of aliphatic hydroxyl groups is 2. The Hall–Kier alpha value is -2.66. The number of fused-ring (bicyclic) bond motifs is 3. The maximum absolute atomic E-state index is 9.14. The van der Waals surface area contributed by atoms with E-state index < -0.39 is 0 Å². The van der Waals surface area contributed by atoms with Crippen LogP contribution in [-0.4, -0.2) is 80.1 Å². The van der Waals surface area contributed by atoms with E-state index in [0.717, 1.165) is 27.7 Å². The van der Waals surface area contributed by atoms with Crippen molar-refractivity contribution in [3.63, 3.8) is 0 Å². The summed E-state index contributed by atoms with van der Waals surface area (Å²) in [5.41, 5.74) is 1.72. The summed E-state index contributed by atoms with van der Waals surface area (Å²) in [6.45, 7) is 2.58. The number of H-pyrrole nitrogens is 1. The van der Waals surface area contributed by atoms with Crippen LogP contribution < -0.4 is 5.32 Å². The van der Waals surface area contributed by atoms with Crippen LogP contribution in [0.1, 0.15) is 0 Å². The molecule has 10 heteroatoms. The average molecular weight is 399 g/mol. The number of aromatic nitrogens is 5. The Bertz CT molecular complexity index is 1040. The van der Waals surface area contributed by atoms with E-state index in [-0.39, 0.29) is 13.2 Å². The van der Waals surface area contributed by atoms with Crippen molar-refractivity contribution in [2.24, 2.45) is 0 Å². The standard InChI is InChI=1S/C18H21N7O2S/c26-8-6-25(7-9-27)5-4-19-18-14-3-10-28-16(14)13-2-1-12(11-15(13)20-18)17-21-23-24-22-17/h1-3,10-11,26-27H,4-9H2,(H,19,20)(H,21,22,23,24). The van der Waals surface area contributed by atoms with Crippen LogP contribution in [0.3, 0.4) is 0 Å². The third-order valence-corrected chi connectivity index (χ3v) is 5.50. The number of aromatic amines is 1. The number of benzene rings is 1. The van der Waals surface area contributed by atoms with Crippen LogP contribution in [-0.2, 0) is 0 Å². The molecule has 0 aliphatic heterocycles. The molecule has 4 rings (SSSR count). The first kappa shape index (κ1) is 18.7. The molecule has 0 radical (unpaired) electrons. The van der Waals surface area contributed by atoms with Crippen LogP contribution in [0.15, 0.2) is 29.6 Å². The fourth-order valence-electron chi connectivity index (χ4n) is 3.21. The van der Waals surface area contributed by atoms with Crippen molar-refractivity contribution in [3.8, 4) is 11.4 Å². The minimum absolute atomic E-state index is 0.0713. The summed E-state index contributed by atoms with van der Waals surface area (Å²) >= 11 is 1.68. The van der Waals surface area contributed by atoms with Crippen LogP contribution in [0.2, 0.25) is 0 Å². The lowest BCUT2D eigenvalue weighted by Gasteiger charge is -2.20. The van der Waals surface area contributed by atoms with E-state index in [9.17, 15) is 0 Å². The van der Waals surface area contributed by atoms with Gasteiger partial charge >= 0.3 is 0 Å². The van der Waals surface area contributed by atoms with E-state index in [1.165, 1.54) is 4.70 Å². The number of aliphatic hydroxyl groups excluding tert-OH is 2. The zero-order chi connectivity index (χ0) is 19.3. The van der Waals surface area contributed by atoms with Gasteiger partial charge in [0.05, 0.1) is 18.7 Å². The van der Waals surface area contributed by atoms with Gasteiger partial charge in [0.15, 0.2) is 0 Å². The van der Waals surface area contributed by atoms with Crippen molar-refractivity contribution in [2.75, 3.05) is 44.7 Å². The van der Waals surface area contributed by atoms with Gasteiger partial charge in [0, 0.05) is 47.2 Å². The van der Waals surface area contributed by atoms with E-state index in [1.807, 2.05) is 23.1 Å². The van der Waals surface area contributed by atoms with Crippen LogP contribution in [0.5, 0.6) is 0 Å². The lowest BCUT2D eigenvalue weighted by Crippen LogP contribution is -2.34. The predicted octanol–water partition coefficient (Wildman–Crippen LogP) is 1.33. The molecule has 0 aliphatic rings. The van der Waals surface area contributed by atoms with Gasteiger partial charge in [-0.15, -0.1) is 21.5 Å². The van der Waals surface area contributed by atoms with E-state index in [4.69, 9.17) is 15.2 Å². The van der Waals surface area contributed by atoms with E-state index >= 15 is 0 Å². The summed E-state index contributed by atoms with van der Waals surface area (Å²) in [7, 11) is 0. The molecule has 0 unspecified atom stereocenters. The highest BCUT2D eigenvalue weighted by Gasteiger charge is 2.12. The predicted molar refractivity (Wildman–Crippen MR) is 109 cm³/mol. The van der Waals surface area contributed by atoms with Gasteiger partial charge in [-0.2, -0.15) is 5.21 Å². The molecule has 4 aromatic rings. The molecule has 0 amide bonds. The molecule has 0 spiro atoms. The number of hydrogen-bond donors (Lipinski definition) is 4. The molecule has 0 bridgehead atoms. The Morgan fingerprint density at radius 3 is 2.68 bits per heavy atom. The molecule has 0 saturated carbocycles. The summed E-state index contributed by atoms with van der Waals surface area (Å²) in [5.74, 6) is 1.36. The Morgan fingerprint density at radius 2 is 1.93 bits per heavy atom. The van der Waals surface area contributed by atoms with E-state index in [2.05, 4.69) is 37.4 Å². The van der Waals surface area contributed by atoms with Crippen molar-refractivity contribution < 1.29 is 10.2 Å². The van der Waals surface area contributed by atoms with E-state index in [0.29, 0.717) is 32.0 Å². The van der Waals surface area contributed by atoms with Crippen LogP contribution in [0, 0.1) is 0 Å². The molecular weight excluding hydrogens is 378 g/mol. The van der Waals surface area contributed by atoms with E-state index in [1.54, 1.807) is 11.3 Å². The molecule has 3 heterocycles. The number of tetrazole rings is 1. The fraction of sp³-hybridized carbons (Fsp3) is 0.333. The minimum atomic E-state index is 0.0713. The molecular formula is C18H21N7O2S. The number of thiophene rings is 1. The summed E-state index contributed by atoms with van der Waals surface area (Å²) < 4.78 is 1.18. The van der Waals surface area contributed by atoms with Crippen molar-refractivity contribution in [2.45, 2.75) is 0 Å². The molecule has 0 atom stereocenters. The summed E-state index contributed by atoms with van der Waals surface area (Å²) in [4.78, 5) is 6.83. The molecule has 0 fully saturated rings. The third-order valence-electron chi connectivity index (χ3n) is 4.55. The second-order valence-corrected chi connectivity index (χ2v) is 7.22. The quantitative estimate of drug-likeness (QED) is 0.332. The number of hydrogen-bond acceptors (Lipinski definition) is 9. The SMILES string of the molecule is OCCN(CCO)CCNc1nc2cc(-c3nn[nH]n3)ccc2c2sccc12. The highest BCUT2D eigenvalue weighted by Crippen LogP contribution is 2.34. The summed E-state index contributed by atoms with van der Waals surface area (Å²) in [5, 5.41) is 40.1. The molecule has 0 saturated heterocycles. The van der Waals surface area contributed by atoms with Gasteiger partial charge in [0.1, 0.15) is 5.82 Å². The van der Waals surface area contributed by atoms with Gasteiger partial charge in [-0.1, -0.05) is 12.1 Å². The Morgan fingerprint density at radius 1 is 1.07 bits per heavy atom. The molecule has 146 valence electrons. The maximum atomic E-state index is 9.14. The van der Waals surface area contributed by atoms with Crippen LogP contribution >= 0.6 is 11.3 Å². The summed E-state index contributed by atoms with van der Waals surface area (Å²) in [6.07, 6.45) is 0. The lowest BCUT2D eigenvalue weighted by molar-refractivity contribution is 0.165. The minimum Gasteiger partial charge on any atom is -0.395 e. The van der Waals surface area contributed by atoms with Crippen molar-refractivity contribution in [3.05, 3.63) is 29.6 Å². The Balaban J connectivity index is 1.62. The first-order chi connectivity index (χ1) is 13.8. The molecule has 0 aliphatic carbocycles. The average Bonchev–Trinajstić information content (AvgIpc) is 3.40. The number of anilines is 1. The van der Waals surface area contributed by atoms with Crippen LogP contribution in [0.25, 0.3) is 32.4 Å². The Labute approximate surface area is 165 Å². The highest BCUT2D eigenvalue weighted by atomic mass is 32.1. The maximum Gasteiger partial charge on any atom is 0.204 e. The monoisotopic (exact) mass is 399 g/mol. The summed E-state index contributed by atoms with van der Waals surface area (Å²) in [6, 6.07) is 8.05. The molecule has 9 nitrogen and oxygen atoms in total. The topological polar surface area (TPSA) is 123 Å². The van der Waals surface area contributed by atoms with Gasteiger partial charge in [-0.3, -0.25) is 4.90 Å². The molecule has 1 aromatic carbocycles. The number of pyridine rings is 1. The largest absolute Gasteiger partial charge is 0.395 e. The number of nitrogens with one attached hydrogen (secondary N) is 2. The normalized spacial score (nSPS) is 11.7. The van der Waals surface area contributed by atoms with Crippen molar-refractivity contribution >= 4 is 38.1 Å².